The Balaban J connectivity index is 1.85. The van der Waals surface area contributed by atoms with E-state index in [1.807, 2.05) is 30.3 Å². The highest BCUT2D eigenvalue weighted by Crippen LogP contribution is 2.06. The number of hydrogen-bond donors (Lipinski definition) is 2. The Morgan fingerprint density at radius 3 is 2.50 bits per heavy atom. The first kappa shape index (κ1) is 10.6. The van der Waals surface area contributed by atoms with Gasteiger partial charge in [0, 0.05) is 31.2 Å². The Labute approximate surface area is 95.3 Å². The summed E-state index contributed by atoms with van der Waals surface area (Å²) < 4.78 is 0. The Kier molecular flexibility index (Phi) is 3.51. The van der Waals surface area contributed by atoms with Gasteiger partial charge >= 0.3 is 0 Å². The average molecular weight is 213 g/mol. The fourth-order valence-electron chi connectivity index (χ4n) is 1.55. The van der Waals surface area contributed by atoms with Gasteiger partial charge in [-0.05, 0) is 35.4 Å². The van der Waals surface area contributed by atoms with Crippen LogP contribution in [0.25, 0.3) is 0 Å². The summed E-state index contributed by atoms with van der Waals surface area (Å²) >= 11 is 0. The molecule has 0 aliphatic rings. The van der Waals surface area contributed by atoms with Gasteiger partial charge < -0.3 is 11.1 Å². The predicted molar refractivity (Wildman–Crippen MR) is 65.6 cm³/mol. The van der Waals surface area contributed by atoms with Gasteiger partial charge in [0.25, 0.3) is 0 Å². The molecule has 0 radical (unpaired) electrons. The van der Waals surface area contributed by atoms with E-state index < -0.39 is 0 Å². The molecule has 1 heterocycles. The van der Waals surface area contributed by atoms with Crippen molar-refractivity contribution in [3.05, 3.63) is 59.9 Å². The summed E-state index contributed by atoms with van der Waals surface area (Å²) in [6.07, 6.45) is 3.61. The quantitative estimate of drug-likeness (QED) is 0.763. The Morgan fingerprint density at radius 2 is 1.75 bits per heavy atom. The second kappa shape index (κ2) is 5.28. The zero-order chi connectivity index (χ0) is 11.2. The Morgan fingerprint density at radius 1 is 1.00 bits per heavy atom. The lowest BCUT2D eigenvalue weighted by atomic mass is 10.2. The zero-order valence-corrected chi connectivity index (χ0v) is 9.06. The van der Waals surface area contributed by atoms with Crippen LogP contribution in [0.3, 0.4) is 0 Å². The minimum absolute atomic E-state index is 0.809. The summed E-state index contributed by atoms with van der Waals surface area (Å²) in [5.41, 5.74) is 8.95. The minimum atomic E-state index is 0.809. The van der Waals surface area contributed by atoms with E-state index in [-0.39, 0.29) is 0 Å². The van der Waals surface area contributed by atoms with Crippen molar-refractivity contribution >= 4 is 5.69 Å². The molecule has 0 amide bonds. The predicted octanol–water partition coefficient (Wildman–Crippen LogP) is 1.95. The second-order valence-corrected chi connectivity index (χ2v) is 3.70. The van der Waals surface area contributed by atoms with Crippen LogP contribution < -0.4 is 11.1 Å². The van der Waals surface area contributed by atoms with Crippen molar-refractivity contribution < 1.29 is 0 Å². The van der Waals surface area contributed by atoms with Gasteiger partial charge in [-0.2, -0.15) is 0 Å². The normalized spacial score (nSPS) is 10.2. The maximum Gasteiger partial charge on any atom is 0.0317 e. The molecule has 1 aromatic carbocycles. The molecular formula is C13H15N3. The Bertz CT molecular complexity index is 440. The number of nitrogens with zero attached hydrogens (tertiary/aromatic N) is 1. The van der Waals surface area contributed by atoms with Gasteiger partial charge in [-0.1, -0.05) is 12.1 Å². The van der Waals surface area contributed by atoms with E-state index in [1.165, 1.54) is 11.1 Å². The summed E-state index contributed by atoms with van der Waals surface area (Å²) in [5.74, 6) is 0. The number of nitrogens with two attached hydrogens (primary N) is 1. The molecule has 82 valence electrons. The van der Waals surface area contributed by atoms with Crippen molar-refractivity contribution in [1.82, 2.24) is 10.3 Å². The van der Waals surface area contributed by atoms with Crippen molar-refractivity contribution in [2.45, 2.75) is 13.1 Å². The van der Waals surface area contributed by atoms with Crippen molar-refractivity contribution in [2.75, 3.05) is 5.73 Å². The van der Waals surface area contributed by atoms with Gasteiger partial charge in [0.15, 0.2) is 0 Å². The molecule has 3 heteroatoms. The van der Waals surface area contributed by atoms with Crippen molar-refractivity contribution in [2.24, 2.45) is 0 Å². The van der Waals surface area contributed by atoms with Gasteiger partial charge in [0.1, 0.15) is 0 Å². The van der Waals surface area contributed by atoms with Gasteiger partial charge in [-0.15, -0.1) is 0 Å². The van der Waals surface area contributed by atoms with Gasteiger partial charge in [-0.3, -0.25) is 4.98 Å². The standard InChI is InChI=1S/C13H15N3/c14-13-3-1-2-12(8-13)10-16-9-11-4-6-15-7-5-11/h1-8,16H,9-10,14H2. The van der Waals surface area contributed by atoms with Crippen molar-refractivity contribution in [3.8, 4) is 0 Å². The highest BCUT2D eigenvalue weighted by atomic mass is 14.8. The van der Waals surface area contributed by atoms with Crippen LogP contribution in [0.4, 0.5) is 5.69 Å². The van der Waals surface area contributed by atoms with Crippen LogP contribution in [0.1, 0.15) is 11.1 Å². The summed E-state index contributed by atoms with van der Waals surface area (Å²) in [6.45, 7) is 1.67. The maximum absolute atomic E-state index is 5.71. The summed E-state index contributed by atoms with van der Waals surface area (Å²) in [4.78, 5) is 3.98. The summed E-state index contributed by atoms with van der Waals surface area (Å²) in [6, 6.07) is 11.9. The SMILES string of the molecule is Nc1cccc(CNCc2ccncc2)c1. The molecule has 3 nitrogen and oxygen atoms in total. The monoisotopic (exact) mass is 213 g/mol. The molecule has 0 unspecified atom stereocenters. The molecule has 0 saturated heterocycles. The number of nitrogens with one attached hydrogen (secondary N) is 1. The highest BCUT2D eigenvalue weighted by molar-refractivity contribution is 5.40. The van der Waals surface area contributed by atoms with Gasteiger partial charge in [-0.25, -0.2) is 0 Å². The topological polar surface area (TPSA) is 50.9 Å². The fraction of sp³-hybridized carbons (Fsp3) is 0.154. The fourth-order valence-corrected chi connectivity index (χ4v) is 1.55. The molecule has 0 fully saturated rings. The van der Waals surface area contributed by atoms with Crippen LogP contribution in [0.5, 0.6) is 0 Å². The van der Waals surface area contributed by atoms with Crippen LogP contribution in [-0.4, -0.2) is 4.98 Å². The number of rotatable bonds is 4. The second-order valence-electron chi connectivity index (χ2n) is 3.70. The van der Waals surface area contributed by atoms with E-state index in [2.05, 4.69) is 16.4 Å². The third-order valence-corrected chi connectivity index (χ3v) is 2.36. The number of nitrogen functional groups attached to an aromatic ring is 1. The number of anilines is 1. The molecule has 0 spiro atoms. The van der Waals surface area contributed by atoms with Crippen LogP contribution in [0.2, 0.25) is 0 Å². The molecular weight excluding hydrogens is 198 g/mol. The van der Waals surface area contributed by atoms with Crippen LogP contribution in [-0.2, 0) is 13.1 Å². The van der Waals surface area contributed by atoms with Crippen molar-refractivity contribution in [1.29, 1.82) is 0 Å². The summed E-state index contributed by atoms with van der Waals surface area (Å²) in [7, 11) is 0. The van der Waals surface area contributed by atoms with Crippen molar-refractivity contribution in [3.63, 3.8) is 0 Å². The molecule has 0 bridgehead atoms. The highest BCUT2D eigenvalue weighted by Gasteiger charge is 1.94. The lowest BCUT2D eigenvalue weighted by Crippen LogP contribution is -2.12. The molecule has 16 heavy (non-hydrogen) atoms. The largest absolute Gasteiger partial charge is 0.399 e. The van der Waals surface area contributed by atoms with E-state index in [0.29, 0.717) is 0 Å². The summed E-state index contributed by atoms with van der Waals surface area (Å²) in [5, 5.41) is 3.36. The molecule has 2 rings (SSSR count). The van der Waals surface area contributed by atoms with E-state index in [9.17, 15) is 0 Å². The van der Waals surface area contributed by atoms with E-state index in [4.69, 9.17) is 5.73 Å². The van der Waals surface area contributed by atoms with Gasteiger partial charge in [0.05, 0.1) is 0 Å². The van der Waals surface area contributed by atoms with Crippen LogP contribution in [0.15, 0.2) is 48.8 Å². The smallest absolute Gasteiger partial charge is 0.0317 e. The number of pyridine rings is 1. The molecule has 0 atom stereocenters. The van der Waals surface area contributed by atoms with Crippen LogP contribution >= 0.6 is 0 Å². The first-order valence-electron chi connectivity index (χ1n) is 5.28. The number of benzene rings is 1. The lowest BCUT2D eigenvalue weighted by molar-refractivity contribution is 0.693. The molecule has 0 saturated carbocycles. The first-order chi connectivity index (χ1) is 7.84. The molecule has 0 aliphatic carbocycles. The van der Waals surface area contributed by atoms with E-state index in [1.54, 1.807) is 12.4 Å². The van der Waals surface area contributed by atoms with E-state index in [0.717, 1.165) is 18.8 Å². The third-order valence-electron chi connectivity index (χ3n) is 2.36. The zero-order valence-electron chi connectivity index (χ0n) is 9.06. The molecule has 3 N–H and O–H groups in total. The maximum atomic E-state index is 5.71. The van der Waals surface area contributed by atoms with Crippen LogP contribution in [0, 0.1) is 0 Å². The lowest BCUT2D eigenvalue weighted by Gasteiger charge is -2.05. The van der Waals surface area contributed by atoms with E-state index >= 15 is 0 Å². The minimum Gasteiger partial charge on any atom is -0.399 e. The third kappa shape index (κ3) is 3.07. The number of hydrogen-bond acceptors (Lipinski definition) is 3. The molecule has 2 aromatic rings. The molecule has 1 aromatic heterocycles. The first-order valence-corrected chi connectivity index (χ1v) is 5.28. The number of aromatic nitrogens is 1. The van der Waals surface area contributed by atoms with Gasteiger partial charge in [0.2, 0.25) is 0 Å². The molecule has 0 aliphatic heterocycles. The average Bonchev–Trinajstić information content (AvgIpc) is 2.30. The Hall–Kier alpha value is -1.87.